The number of carbonyl (C=O) groups is 2. The fourth-order valence-electron chi connectivity index (χ4n) is 9.28. The lowest BCUT2D eigenvalue weighted by Gasteiger charge is -2.16. The molecular weight excluding hydrogens is 633 g/mol. The Balaban J connectivity index is 0.988. The van der Waals surface area contributed by atoms with Gasteiger partial charge in [-0.2, -0.15) is 0 Å². The molecule has 2 nitrogen and oxygen atoms in total. The third kappa shape index (κ3) is 3.63. The smallest absolute Gasteiger partial charge is 0.193 e. The summed E-state index contributed by atoms with van der Waals surface area (Å²) in [5.74, 6) is 0.0363. The first-order chi connectivity index (χ1) is 25.6. The summed E-state index contributed by atoms with van der Waals surface area (Å²) >= 11 is 0. The highest BCUT2D eigenvalue weighted by molar-refractivity contribution is 6.32. The van der Waals surface area contributed by atoms with Crippen LogP contribution in [0.5, 0.6) is 0 Å². The molecule has 238 valence electrons. The van der Waals surface area contributed by atoms with Crippen LogP contribution in [0.15, 0.2) is 158 Å². The molecule has 12 aromatic carbocycles. The van der Waals surface area contributed by atoms with E-state index in [1.54, 1.807) is 0 Å². The van der Waals surface area contributed by atoms with E-state index in [9.17, 15) is 9.59 Å². The van der Waals surface area contributed by atoms with Crippen LogP contribution in [0.1, 0.15) is 31.8 Å². The zero-order chi connectivity index (χ0) is 34.2. The number of rotatable bonds is 4. The predicted molar refractivity (Wildman–Crippen MR) is 217 cm³/mol. The van der Waals surface area contributed by atoms with Crippen LogP contribution < -0.4 is 0 Å². The van der Waals surface area contributed by atoms with E-state index in [2.05, 4.69) is 121 Å². The van der Waals surface area contributed by atoms with Crippen LogP contribution in [0.3, 0.4) is 0 Å². The molecule has 0 fully saturated rings. The molecule has 0 aliphatic rings. The van der Waals surface area contributed by atoms with Crippen molar-refractivity contribution in [1.82, 2.24) is 0 Å². The summed E-state index contributed by atoms with van der Waals surface area (Å²) in [5.41, 5.74) is 2.78. The Morgan fingerprint density at radius 2 is 0.538 bits per heavy atom. The van der Waals surface area contributed by atoms with Crippen LogP contribution in [0.25, 0.3) is 97.0 Å². The Morgan fingerprint density at radius 3 is 0.904 bits per heavy atom. The van der Waals surface area contributed by atoms with Gasteiger partial charge in [0.15, 0.2) is 11.6 Å². The van der Waals surface area contributed by atoms with Gasteiger partial charge < -0.3 is 0 Å². The van der Waals surface area contributed by atoms with E-state index in [4.69, 9.17) is 0 Å². The molecule has 0 unspecified atom stereocenters. The molecule has 0 aliphatic carbocycles. The molecule has 0 saturated heterocycles. The van der Waals surface area contributed by atoms with Gasteiger partial charge in [-0.1, -0.05) is 121 Å². The van der Waals surface area contributed by atoms with E-state index in [1.165, 1.54) is 32.3 Å². The Bertz CT molecular complexity index is 3170. The summed E-state index contributed by atoms with van der Waals surface area (Å²) in [4.78, 5) is 28.8. The third-order valence-corrected chi connectivity index (χ3v) is 11.6. The minimum absolute atomic E-state index is 0.0182. The molecule has 12 aromatic rings. The van der Waals surface area contributed by atoms with Crippen molar-refractivity contribution in [3.05, 3.63) is 180 Å². The maximum atomic E-state index is 14.4. The number of hydrogen-bond acceptors (Lipinski definition) is 2. The lowest BCUT2D eigenvalue weighted by atomic mass is 9.86. The second-order valence-electron chi connectivity index (χ2n) is 14.3. The van der Waals surface area contributed by atoms with Gasteiger partial charge in [0.25, 0.3) is 0 Å². The highest BCUT2D eigenvalue weighted by Crippen LogP contribution is 2.41. The number of ketones is 2. The van der Waals surface area contributed by atoms with Crippen molar-refractivity contribution >= 4 is 109 Å². The molecule has 0 N–H and O–H groups in total. The van der Waals surface area contributed by atoms with E-state index >= 15 is 0 Å². The molecule has 0 spiro atoms. The third-order valence-electron chi connectivity index (χ3n) is 11.6. The Labute approximate surface area is 297 Å². The molecular formula is C50H26O2. The van der Waals surface area contributed by atoms with Crippen LogP contribution in [-0.2, 0) is 0 Å². The lowest BCUT2D eigenvalue weighted by molar-refractivity contribution is 0.103. The number of carbonyl (C=O) groups excluding carboxylic acids is 2. The fraction of sp³-hybridized carbons (Fsp3) is 0. The van der Waals surface area contributed by atoms with Crippen molar-refractivity contribution in [3.8, 4) is 0 Å². The Morgan fingerprint density at radius 1 is 0.269 bits per heavy atom. The highest BCUT2D eigenvalue weighted by Gasteiger charge is 2.21. The monoisotopic (exact) mass is 658 g/mol. The number of benzene rings is 12. The van der Waals surface area contributed by atoms with Crippen molar-refractivity contribution in [2.75, 3.05) is 0 Å². The average molecular weight is 659 g/mol. The standard InChI is InChI=1S/C50H26O2/c51-49(41-21-17-31-9-7-27-3-1-5-29-15-19-39(41)47(31)43(27)29)37-23-33-11-13-35-25-38(26-36-14-12-34(24-37)45(33)46(35)36)50(52)42-22-18-32-10-8-28-4-2-6-30-16-20-40(42)48(32)44(28)30/h1-26H. The molecule has 2 heteroatoms. The van der Waals surface area contributed by atoms with E-state index < -0.39 is 0 Å². The van der Waals surface area contributed by atoms with Crippen molar-refractivity contribution in [2.24, 2.45) is 0 Å². The van der Waals surface area contributed by atoms with Gasteiger partial charge in [-0.15, -0.1) is 0 Å². The summed E-state index contributed by atoms with van der Waals surface area (Å²) in [7, 11) is 0. The van der Waals surface area contributed by atoms with E-state index in [1.807, 2.05) is 36.4 Å². The van der Waals surface area contributed by atoms with Gasteiger partial charge in [0, 0.05) is 22.3 Å². The van der Waals surface area contributed by atoms with Crippen LogP contribution in [0.2, 0.25) is 0 Å². The zero-order valence-electron chi connectivity index (χ0n) is 27.8. The van der Waals surface area contributed by atoms with Gasteiger partial charge in [0.2, 0.25) is 0 Å². The molecule has 0 saturated carbocycles. The van der Waals surface area contributed by atoms with Gasteiger partial charge in [0.05, 0.1) is 0 Å². The summed E-state index contributed by atoms with van der Waals surface area (Å²) in [6.45, 7) is 0. The Hall–Kier alpha value is -6.90. The largest absolute Gasteiger partial charge is 0.289 e. The van der Waals surface area contributed by atoms with Gasteiger partial charge in [-0.25, -0.2) is 0 Å². The second-order valence-corrected chi connectivity index (χ2v) is 14.3. The minimum Gasteiger partial charge on any atom is -0.289 e. The van der Waals surface area contributed by atoms with Gasteiger partial charge in [-0.3, -0.25) is 9.59 Å². The molecule has 52 heavy (non-hydrogen) atoms. The van der Waals surface area contributed by atoms with Crippen molar-refractivity contribution < 1.29 is 9.59 Å². The predicted octanol–water partition coefficient (Wildman–Crippen LogP) is 12.8. The summed E-state index contributed by atoms with van der Waals surface area (Å²) in [6, 6.07) is 54.4. The Kier molecular flexibility index (Phi) is 5.29. The fourth-order valence-corrected chi connectivity index (χ4v) is 9.28. The first-order valence-electron chi connectivity index (χ1n) is 17.7. The summed E-state index contributed by atoms with van der Waals surface area (Å²) in [5, 5.41) is 20.0. The van der Waals surface area contributed by atoms with Gasteiger partial charge in [0.1, 0.15) is 0 Å². The second kappa shape index (κ2) is 9.87. The zero-order valence-corrected chi connectivity index (χ0v) is 27.8. The van der Waals surface area contributed by atoms with Crippen LogP contribution >= 0.6 is 0 Å². The molecule has 0 atom stereocenters. The van der Waals surface area contributed by atoms with Gasteiger partial charge >= 0.3 is 0 Å². The van der Waals surface area contributed by atoms with Crippen molar-refractivity contribution in [1.29, 1.82) is 0 Å². The lowest BCUT2D eigenvalue weighted by Crippen LogP contribution is -2.04. The molecule has 0 aromatic heterocycles. The SMILES string of the molecule is O=C(c1cc2ccc3cc(C(=O)c4ccc5ccc6cccc7ccc4c5c67)cc4ccc(c1)c2c34)c1ccc2ccc3cccc4ccc1c2c34. The maximum absolute atomic E-state index is 14.4. The minimum atomic E-state index is 0.0182. The first kappa shape index (κ1) is 27.9. The quantitative estimate of drug-likeness (QED) is 0.139. The number of hydrogen-bond donors (Lipinski definition) is 0. The van der Waals surface area contributed by atoms with Crippen molar-refractivity contribution in [3.63, 3.8) is 0 Å². The topological polar surface area (TPSA) is 34.1 Å². The average Bonchev–Trinajstić information content (AvgIpc) is 3.20. The normalized spacial score (nSPS) is 12.4. The van der Waals surface area contributed by atoms with Crippen LogP contribution in [0, 0.1) is 0 Å². The molecule has 0 radical (unpaired) electrons. The molecule has 0 amide bonds. The van der Waals surface area contributed by atoms with Crippen molar-refractivity contribution in [2.45, 2.75) is 0 Å². The molecule has 0 heterocycles. The van der Waals surface area contributed by atoms with E-state index in [0.29, 0.717) is 22.3 Å². The summed E-state index contributed by atoms with van der Waals surface area (Å²) < 4.78 is 0. The maximum Gasteiger partial charge on any atom is 0.193 e. The molecule has 0 aliphatic heterocycles. The van der Waals surface area contributed by atoms with Crippen LogP contribution in [0.4, 0.5) is 0 Å². The summed E-state index contributed by atoms with van der Waals surface area (Å²) in [6.07, 6.45) is 0. The van der Waals surface area contributed by atoms with Gasteiger partial charge in [-0.05, 0) is 133 Å². The first-order valence-corrected chi connectivity index (χ1v) is 17.7. The van der Waals surface area contributed by atoms with E-state index in [0.717, 1.165) is 64.6 Å². The molecule has 12 rings (SSSR count). The highest BCUT2D eigenvalue weighted by atomic mass is 16.1. The van der Waals surface area contributed by atoms with E-state index in [-0.39, 0.29) is 11.6 Å². The molecule has 0 bridgehead atoms. The van der Waals surface area contributed by atoms with Crippen LogP contribution in [-0.4, -0.2) is 11.6 Å².